The number of sulfone groups is 1. The molecule has 4 N–H and O–H groups in total. The van der Waals surface area contributed by atoms with Gasteiger partial charge in [0.2, 0.25) is 0 Å². The topological polar surface area (TPSA) is 207 Å². The summed E-state index contributed by atoms with van der Waals surface area (Å²) in [4.78, 5) is 24.5. The van der Waals surface area contributed by atoms with Crippen LogP contribution in [0.2, 0.25) is 0 Å². The lowest BCUT2D eigenvalue weighted by Gasteiger charge is -2.27. The van der Waals surface area contributed by atoms with E-state index in [0.717, 1.165) is 0 Å². The van der Waals surface area contributed by atoms with E-state index < -0.39 is 43.4 Å². The number of hydrogen-bond donors (Lipinski definition) is 4. The van der Waals surface area contributed by atoms with Crippen molar-refractivity contribution in [1.82, 2.24) is 0 Å². The van der Waals surface area contributed by atoms with Gasteiger partial charge in [-0.25, -0.2) is 18.0 Å². The van der Waals surface area contributed by atoms with Gasteiger partial charge in [-0.2, -0.15) is 0 Å². The molecule has 4 rings (SSSR count). The molecule has 63 heavy (non-hydrogen) atoms. The summed E-state index contributed by atoms with van der Waals surface area (Å²) in [6.45, 7) is 5.84. The molecule has 16 nitrogen and oxygen atoms in total. The van der Waals surface area contributed by atoms with Crippen molar-refractivity contribution in [2.45, 2.75) is 49.3 Å². The van der Waals surface area contributed by atoms with Gasteiger partial charge in [-0.1, -0.05) is 24.3 Å². The second kappa shape index (κ2) is 20.4. The first-order chi connectivity index (χ1) is 29.7. The normalized spacial score (nSPS) is 12.9. The summed E-state index contributed by atoms with van der Waals surface area (Å²) >= 11 is 0. The minimum Gasteiger partial charge on any atom is -0.496 e. The van der Waals surface area contributed by atoms with Gasteiger partial charge in [0.1, 0.15) is 67.6 Å². The lowest BCUT2D eigenvalue weighted by molar-refractivity contribution is -0.142. The molecule has 0 saturated heterocycles. The zero-order valence-electron chi connectivity index (χ0n) is 37.4. The van der Waals surface area contributed by atoms with Crippen LogP contribution in [0.3, 0.4) is 0 Å². The summed E-state index contributed by atoms with van der Waals surface area (Å²) in [5.41, 5.74) is -1.35. The Labute approximate surface area is 368 Å². The number of rotatable bonds is 22. The smallest absolute Gasteiger partial charge is 0.328 e. The van der Waals surface area contributed by atoms with E-state index in [-0.39, 0.29) is 34.0 Å². The first-order valence-corrected chi connectivity index (χ1v) is 20.9. The van der Waals surface area contributed by atoms with Crippen molar-refractivity contribution in [3.05, 3.63) is 95.1 Å². The van der Waals surface area contributed by atoms with Crippen molar-refractivity contribution < 1.29 is 66.1 Å². The van der Waals surface area contributed by atoms with E-state index in [1.165, 1.54) is 109 Å². The Morgan fingerprint density at radius 3 is 1.06 bits per heavy atom. The predicted molar refractivity (Wildman–Crippen MR) is 241 cm³/mol. The molecular formula is C46H56N2O14S. The van der Waals surface area contributed by atoms with E-state index in [2.05, 4.69) is 10.6 Å². The largest absolute Gasteiger partial charge is 0.496 e. The Balaban J connectivity index is 2.14. The third kappa shape index (κ3) is 11.0. The number of carboxylic acid groups (broad SMARTS) is 2. The Morgan fingerprint density at radius 2 is 0.810 bits per heavy atom. The van der Waals surface area contributed by atoms with Gasteiger partial charge < -0.3 is 58.7 Å². The van der Waals surface area contributed by atoms with Gasteiger partial charge in [-0.3, -0.25) is 0 Å². The molecule has 0 spiro atoms. The second-order valence-corrected chi connectivity index (χ2v) is 17.3. The highest BCUT2D eigenvalue weighted by Crippen LogP contribution is 2.44. The highest BCUT2D eigenvalue weighted by atomic mass is 32.2. The molecule has 2 atom stereocenters. The van der Waals surface area contributed by atoms with Crippen molar-refractivity contribution in [2.24, 2.45) is 0 Å². The fourth-order valence-electron chi connectivity index (χ4n) is 6.52. The van der Waals surface area contributed by atoms with Crippen LogP contribution in [0.1, 0.15) is 60.4 Å². The maximum Gasteiger partial charge on any atom is 0.328 e. The zero-order chi connectivity index (χ0) is 46.9. The summed E-state index contributed by atoms with van der Waals surface area (Å²) in [6, 6.07) is 15.8. The number of carbonyl (C=O) groups is 2. The number of hydrogen-bond acceptors (Lipinski definition) is 14. The molecule has 0 saturated carbocycles. The quantitative estimate of drug-likeness (QED) is 0.0591. The van der Waals surface area contributed by atoms with E-state index in [0.29, 0.717) is 45.6 Å². The SMILES string of the molecule is COc1cc(OC)c(/C=C/C(c2ccc(OC)c(NC(C)(C)C(=O)O)c2)S(=O)(=O)C(/C=C/c2c(OC)cc(OC)cc2OC)c2ccc(OC)c(NC(C)(C)C(=O)O)c2)c(OC)c1. The minimum atomic E-state index is -4.56. The van der Waals surface area contributed by atoms with Crippen LogP contribution >= 0.6 is 0 Å². The lowest BCUT2D eigenvalue weighted by Crippen LogP contribution is -2.40. The maximum atomic E-state index is 15.9. The van der Waals surface area contributed by atoms with Crippen LogP contribution in [0.25, 0.3) is 12.2 Å². The van der Waals surface area contributed by atoms with Gasteiger partial charge in [0.15, 0.2) is 9.84 Å². The molecule has 17 heteroatoms. The van der Waals surface area contributed by atoms with Gasteiger partial charge >= 0.3 is 11.9 Å². The van der Waals surface area contributed by atoms with Crippen molar-refractivity contribution in [2.75, 3.05) is 67.5 Å². The molecule has 0 heterocycles. The molecule has 2 unspecified atom stereocenters. The second-order valence-electron chi connectivity index (χ2n) is 15.1. The molecule has 0 amide bonds. The summed E-state index contributed by atoms with van der Waals surface area (Å²) in [5, 5.41) is 23.0. The lowest BCUT2D eigenvalue weighted by atomic mass is 10.0. The number of carboxylic acids is 2. The fourth-order valence-corrected chi connectivity index (χ4v) is 8.48. The molecule has 0 radical (unpaired) electrons. The highest BCUT2D eigenvalue weighted by Gasteiger charge is 2.37. The van der Waals surface area contributed by atoms with Crippen LogP contribution in [0, 0.1) is 0 Å². The highest BCUT2D eigenvalue weighted by molar-refractivity contribution is 7.92. The molecule has 0 aliphatic carbocycles. The van der Waals surface area contributed by atoms with Gasteiger partial charge in [-0.15, -0.1) is 0 Å². The third-order valence-corrected chi connectivity index (χ3v) is 12.4. The van der Waals surface area contributed by atoms with Crippen LogP contribution in [0.4, 0.5) is 11.4 Å². The van der Waals surface area contributed by atoms with E-state index in [4.69, 9.17) is 37.9 Å². The van der Waals surface area contributed by atoms with Crippen molar-refractivity contribution in [3.8, 4) is 46.0 Å². The van der Waals surface area contributed by atoms with E-state index in [9.17, 15) is 19.8 Å². The van der Waals surface area contributed by atoms with Crippen LogP contribution in [-0.2, 0) is 19.4 Å². The van der Waals surface area contributed by atoms with Crippen LogP contribution in [0.15, 0.2) is 72.8 Å². The zero-order valence-corrected chi connectivity index (χ0v) is 38.3. The third-order valence-electron chi connectivity index (χ3n) is 10.2. The molecule has 0 bridgehead atoms. The number of benzene rings is 4. The Kier molecular flexibility index (Phi) is 15.8. The van der Waals surface area contributed by atoms with E-state index >= 15 is 8.42 Å². The molecular weight excluding hydrogens is 837 g/mol. The summed E-state index contributed by atoms with van der Waals surface area (Å²) in [5.74, 6) is 0.332. The molecule has 0 aliphatic rings. The summed E-state index contributed by atoms with van der Waals surface area (Å²) < 4.78 is 76.5. The first-order valence-electron chi connectivity index (χ1n) is 19.3. The van der Waals surface area contributed by atoms with Crippen LogP contribution < -0.4 is 48.5 Å². The molecule has 4 aromatic rings. The summed E-state index contributed by atoms with van der Waals surface area (Å²) in [6.07, 6.45) is 6.07. The molecule has 0 fully saturated rings. The molecule has 0 aliphatic heterocycles. The first kappa shape index (κ1) is 48.9. The average molecular weight is 893 g/mol. The minimum absolute atomic E-state index is 0.210. The van der Waals surface area contributed by atoms with Crippen LogP contribution in [0.5, 0.6) is 46.0 Å². The average Bonchev–Trinajstić information content (AvgIpc) is 3.25. The Hall–Kier alpha value is -6.75. The van der Waals surface area contributed by atoms with Crippen molar-refractivity contribution in [3.63, 3.8) is 0 Å². The number of anilines is 2. The fraction of sp³-hybridized carbons (Fsp3) is 0.348. The molecule has 4 aromatic carbocycles. The van der Waals surface area contributed by atoms with Gasteiger partial charge in [-0.05, 0) is 75.2 Å². The van der Waals surface area contributed by atoms with Crippen molar-refractivity contribution in [1.29, 1.82) is 0 Å². The Bertz CT molecular complexity index is 2250. The Morgan fingerprint density at radius 1 is 0.508 bits per heavy atom. The predicted octanol–water partition coefficient (Wildman–Crippen LogP) is 7.93. The number of ether oxygens (including phenoxy) is 8. The van der Waals surface area contributed by atoms with Crippen LogP contribution in [-0.4, -0.2) is 98.5 Å². The van der Waals surface area contributed by atoms with Gasteiger partial charge in [0.25, 0.3) is 0 Å². The standard InChI is InChI=1S/C46H56N2O14S/c1-45(2,43(49)50)47-33-21-27(13-17-35(33)57-7)41(19-15-31-37(59-9)23-29(55-5)24-38(31)60-10)63(53,54)42(20-16-32-39(61-11)25-30(56-6)26-40(32)62-12)28-14-18-36(58-8)34(22-28)48-46(3,4)44(51)52/h13-26,41-42,47-48H,1-12H3,(H,49,50)(H,51,52)/b19-15+,20-16+. The monoisotopic (exact) mass is 892 g/mol. The van der Waals surface area contributed by atoms with E-state index in [1.807, 2.05) is 0 Å². The van der Waals surface area contributed by atoms with E-state index in [1.54, 1.807) is 60.7 Å². The summed E-state index contributed by atoms with van der Waals surface area (Å²) in [7, 11) is 7.05. The number of aliphatic carboxylic acids is 2. The van der Waals surface area contributed by atoms with Gasteiger partial charge in [0.05, 0.1) is 79.4 Å². The number of nitrogens with one attached hydrogen (secondary N) is 2. The molecule has 340 valence electrons. The maximum absolute atomic E-state index is 15.9. The number of methoxy groups -OCH3 is 8. The molecule has 0 aromatic heterocycles. The van der Waals surface area contributed by atoms with Crippen molar-refractivity contribution >= 4 is 45.3 Å². The van der Waals surface area contributed by atoms with Gasteiger partial charge in [0, 0.05) is 24.3 Å².